The molecule has 0 rings (SSSR count). The van der Waals surface area contributed by atoms with Crippen LogP contribution in [0.4, 0.5) is 0 Å². The number of hydrogen-bond donors (Lipinski definition) is 0. The van der Waals surface area contributed by atoms with Crippen LogP contribution in [0.25, 0.3) is 0 Å². The first kappa shape index (κ1) is 62.6. The number of hydrogen-bond acceptors (Lipinski definition) is 0. The first-order chi connectivity index (χ1) is 0. The Labute approximate surface area is 101 Å². The van der Waals surface area contributed by atoms with Gasteiger partial charge in [0, 0.05) is 103 Å². The third-order valence-corrected chi connectivity index (χ3v) is 0. The predicted octanol–water partition coefficient (Wildman–Crippen LogP) is -0.772. The molecule has 6 heavy (non-hydrogen) atoms. The largest absolute Gasteiger partial charge is 0 e. The van der Waals surface area contributed by atoms with Crippen LogP contribution in [0.15, 0.2) is 0 Å². The van der Waals surface area contributed by atoms with E-state index < -0.39 is 0 Å². The molecule has 0 aliphatic heterocycles. The van der Waals surface area contributed by atoms with Crippen molar-refractivity contribution in [3.63, 3.8) is 0 Å². The van der Waals surface area contributed by atoms with Gasteiger partial charge in [-0.1, -0.05) is 0 Å². The van der Waals surface area contributed by atoms with Gasteiger partial charge in [-0.15, -0.1) is 0 Å². The third-order valence-electron chi connectivity index (χ3n) is 0. The molecule has 0 bridgehead atoms. The number of rotatable bonds is 0. The Balaban J connectivity index is 0. The minimum atomic E-state index is 0. The molecule has 8 radical (unpaired) electrons. The van der Waals surface area contributed by atoms with Crippen molar-refractivity contribution in [1.82, 2.24) is 0 Å². The molecule has 0 aromatic heterocycles. The Morgan fingerprint density at radius 1 is 1.00 bits per heavy atom. The quantitative estimate of drug-likeness (QED) is 0.511. The zero-order chi connectivity index (χ0) is 0. The van der Waals surface area contributed by atoms with Gasteiger partial charge in [0.1, 0.15) is 0 Å². The van der Waals surface area contributed by atoms with E-state index in [-0.39, 0.29) is 103 Å². The molecule has 0 saturated heterocycles. The Kier molecular flexibility index (Phi) is 446. The van der Waals surface area contributed by atoms with Gasteiger partial charge in [0.15, 0.2) is 0 Å². The first-order valence-electron chi connectivity index (χ1n) is 0. The second-order valence-electron chi connectivity index (χ2n) is 0. The van der Waals surface area contributed by atoms with Gasteiger partial charge in [0.05, 0.1) is 0 Å². The molecule has 0 aliphatic carbocycles. The molecule has 0 unspecified atom stereocenters. The van der Waals surface area contributed by atoms with Gasteiger partial charge < -0.3 is 0 Å². The van der Waals surface area contributed by atoms with Crippen molar-refractivity contribution in [2.45, 2.75) is 0 Å². The molecule has 0 N–H and O–H groups in total. The van der Waals surface area contributed by atoms with Gasteiger partial charge in [0.2, 0.25) is 0 Å². The summed E-state index contributed by atoms with van der Waals surface area (Å²) < 4.78 is 0. The van der Waals surface area contributed by atoms with Gasteiger partial charge in [-0.25, -0.2) is 0 Å². The van der Waals surface area contributed by atoms with Crippen molar-refractivity contribution in [1.29, 1.82) is 0 Å². The van der Waals surface area contributed by atoms with E-state index in [1.54, 1.807) is 0 Å². The van der Waals surface area contributed by atoms with Crippen LogP contribution in [0.3, 0.4) is 0 Å². The maximum atomic E-state index is 0. The summed E-state index contributed by atoms with van der Waals surface area (Å²) in [4.78, 5) is 0. The van der Waals surface area contributed by atoms with Gasteiger partial charge in [-0.2, -0.15) is 0 Å². The molecular formula is CrCuFeMgMnSi. The normalized spacial score (nSPS) is 0. The van der Waals surface area contributed by atoms with Gasteiger partial charge in [-0.05, 0) is 0 Å². The van der Waals surface area contributed by atoms with E-state index in [4.69, 9.17) is 0 Å². The summed E-state index contributed by atoms with van der Waals surface area (Å²) >= 11 is 0. The van der Waals surface area contributed by atoms with Crippen LogP contribution >= 0.6 is 0 Å². The topological polar surface area (TPSA) is 0 Å². The molecule has 0 aliphatic rings. The fourth-order valence-electron chi connectivity index (χ4n) is 0. The maximum Gasteiger partial charge on any atom is 0 e. The second kappa shape index (κ2) is 42.8. The average Bonchev–Trinajstić information content (AvgIpc) is 0. The van der Waals surface area contributed by atoms with Crippen molar-refractivity contribution >= 4 is 34.0 Å². The van der Waals surface area contributed by atoms with Crippen LogP contribution in [0, 0.1) is 0 Å². The Bertz CT molecular complexity index is 15.5. The third kappa shape index (κ3) is 27.6. The predicted molar refractivity (Wildman–Crippen MR) is 11.5 cm³/mol. The summed E-state index contributed by atoms with van der Waals surface area (Å²) in [5.41, 5.74) is 0. The van der Waals surface area contributed by atoms with Crippen LogP contribution in [0.1, 0.15) is 0 Å². The molecule has 38 valence electrons. The van der Waals surface area contributed by atoms with E-state index in [1.165, 1.54) is 0 Å². The van der Waals surface area contributed by atoms with Crippen molar-refractivity contribution in [2.75, 3.05) is 0 Å². The van der Waals surface area contributed by atoms with Crippen molar-refractivity contribution in [3.05, 3.63) is 0 Å². The molecule has 0 aromatic rings. The van der Waals surface area contributed by atoms with Crippen LogP contribution in [0.5, 0.6) is 0 Å². The molecule has 0 aromatic carbocycles. The summed E-state index contributed by atoms with van der Waals surface area (Å²) in [5.74, 6) is 0. The smallest absolute Gasteiger partial charge is 0 e. The zero-order valence-electron chi connectivity index (χ0n) is 2.65. The molecular weight excluding hydrogens is 279 g/mol. The van der Waals surface area contributed by atoms with Crippen molar-refractivity contribution in [3.8, 4) is 0 Å². The van der Waals surface area contributed by atoms with Gasteiger partial charge in [-0.3, -0.25) is 0 Å². The molecule has 0 heterocycles. The van der Waals surface area contributed by atoms with Crippen LogP contribution in [-0.4, -0.2) is 34.0 Å². The Morgan fingerprint density at radius 2 is 1.00 bits per heavy atom. The van der Waals surface area contributed by atoms with Crippen molar-refractivity contribution in [2.24, 2.45) is 0 Å². The molecule has 0 saturated carbocycles. The van der Waals surface area contributed by atoms with E-state index in [1.807, 2.05) is 0 Å². The summed E-state index contributed by atoms with van der Waals surface area (Å²) in [6, 6.07) is 0. The molecule has 0 amide bonds. The fraction of sp³-hybridized carbons (Fsp3) is 0. The summed E-state index contributed by atoms with van der Waals surface area (Å²) in [6.07, 6.45) is 0. The molecule has 6 heteroatoms. The summed E-state index contributed by atoms with van der Waals surface area (Å²) in [6.45, 7) is 0. The molecule has 0 fully saturated rings. The zero-order valence-corrected chi connectivity index (χ0v) is 9.56. The second-order valence-corrected chi connectivity index (χ2v) is 0. The van der Waals surface area contributed by atoms with Gasteiger partial charge >= 0.3 is 0 Å². The summed E-state index contributed by atoms with van der Waals surface area (Å²) in [5, 5.41) is 0. The minimum Gasteiger partial charge on any atom is 0 e. The summed E-state index contributed by atoms with van der Waals surface area (Å²) in [7, 11) is 0. The molecule has 0 spiro atoms. The minimum absolute atomic E-state index is 0. The van der Waals surface area contributed by atoms with Crippen LogP contribution in [-0.2, 0) is 68.6 Å². The maximum absolute atomic E-state index is 0. The van der Waals surface area contributed by atoms with E-state index in [0.717, 1.165) is 0 Å². The average molecular weight is 279 g/mol. The molecule has 0 atom stereocenters. The van der Waals surface area contributed by atoms with Gasteiger partial charge in [0.25, 0.3) is 0 Å². The van der Waals surface area contributed by atoms with E-state index in [9.17, 15) is 0 Å². The van der Waals surface area contributed by atoms with Crippen LogP contribution in [0.2, 0.25) is 0 Å². The standard InChI is InChI=1S/Cr.Cu.Fe.Mg.Mn.Si. The van der Waals surface area contributed by atoms with Crippen molar-refractivity contribution < 1.29 is 68.6 Å². The SMILES string of the molecule is [Cr].[Cu].[Fe].[Mg].[Mn].[Si]. The van der Waals surface area contributed by atoms with E-state index in [2.05, 4.69) is 0 Å². The Hall–Kier alpha value is 3.07. The van der Waals surface area contributed by atoms with E-state index >= 15 is 0 Å². The van der Waals surface area contributed by atoms with Crippen LogP contribution < -0.4 is 0 Å². The molecule has 0 nitrogen and oxygen atoms in total. The monoisotopic (exact) mass is 278 g/mol. The van der Waals surface area contributed by atoms with E-state index in [0.29, 0.717) is 0 Å². The Morgan fingerprint density at radius 3 is 1.00 bits per heavy atom. The first-order valence-corrected chi connectivity index (χ1v) is 0. The fourth-order valence-corrected chi connectivity index (χ4v) is 0.